The number of hydrogen-bond acceptors (Lipinski definition) is 3. The summed E-state index contributed by atoms with van der Waals surface area (Å²) in [7, 11) is -3.30. The molecule has 2 aliphatic carbocycles. The van der Waals surface area contributed by atoms with Crippen LogP contribution in [0, 0.1) is 5.92 Å². The summed E-state index contributed by atoms with van der Waals surface area (Å²) in [6.07, 6.45) is 5.08. The van der Waals surface area contributed by atoms with Gasteiger partial charge < -0.3 is 5.32 Å². The fourth-order valence-electron chi connectivity index (χ4n) is 3.01. The standard InChI is InChI=1S/C17H24N2O3S/c20-16(17(9-10-17)15-7-2-1-3-8-15)18-11-12-23(21,22)19-13-14-5-4-6-14/h1-3,7-8,14,19H,4-6,9-13H2,(H,18,20). The monoisotopic (exact) mass is 336 g/mol. The fourth-order valence-corrected chi connectivity index (χ4v) is 4.02. The second-order valence-electron chi connectivity index (χ2n) is 6.67. The average Bonchev–Trinajstić information content (AvgIpc) is 3.28. The Morgan fingerprint density at radius 2 is 1.87 bits per heavy atom. The normalized spacial score (nSPS) is 19.8. The highest BCUT2D eigenvalue weighted by Crippen LogP contribution is 2.48. The molecule has 6 heteroatoms. The van der Waals surface area contributed by atoms with Crippen molar-refractivity contribution in [1.29, 1.82) is 0 Å². The van der Waals surface area contributed by atoms with E-state index >= 15 is 0 Å². The highest BCUT2D eigenvalue weighted by atomic mass is 32.2. The van der Waals surface area contributed by atoms with Crippen molar-refractivity contribution < 1.29 is 13.2 Å². The van der Waals surface area contributed by atoms with Crippen LogP contribution in [0.25, 0.3) is 0 Å². The summed E-state index contributed by atoms with van der Waals surface area (Å²) in [4.78, 5) is 12.4. The molecule has 0 unspecified atom stereocenters. The van der Waals surface area contributed by atoms with Gasteiger partial charge in [0, 0.05) is 13.1 Å². The first kappa shape index (κ1) is 16.5. The zero-order chi connectivity index (χ0) is 16.3. The van der Waals surface area contributed by atoms with Crippen LogP contribution in [-0.2, 0) is 20.2 Å². The topological polar surface area (TPSA) is 75.3 Å². The summed E-state index contributed by atoms with van der Waals surface area (Å²) in [5, 5.41) is 2.80. The van der Waals surface area contributed by atoms with Crippen LogP contribution in [0.4, 0.5) is 0 Å². The van der Waals surface area contributed by atoms with Crippen LogP contribution >= 0.6 is 0 Å². The van der Waals surface area contributed by atoms with Crippen LogP contribution < -0.4 is 10.0 Å². The van der Waals surface area contributed by atoms with Gasteiger partial charge in [-0.1, -0.05) is 36.8 Å². The van der Waals surface area contributed by atoms with Gasteiger partial charge in [0.1, 0.15) is 0 Å². The quantitative estimate of drug-likeness (QED) is 0.756. The lowest BCUT2D eigenvalue weighted by atomic mass is 9.86. The molecule has 0 bridgehead atoms. The molecule has 0 heterocycles. The molecular weight excluding hydrogens is 312 g/mol. The molecule has 1 aromatic rings. The minimum Gasteiger partial charge on any atom is -0.354 e. The Morgan fingerprint density at radius 3 is 2.43 bits per heavy atom. The van der Waals surface area contributed by atoms with E-state index in [4.69, 9.17) is 0 Å². The molecule has 3 rings (SSSR count). The largest absolute Gasteiger partial charge is 0.354 e. The molecule has 23 heavy (non-hydrogen) atoms. The van der Waals surface area contributed by atoms with Gasteiger partial charge in [0.25, 0.3) is 0 Å². The van der Waals surface area contributed by atoms with Gasteiger partial charge >= 0.3 is 0 Å². The molecule has 1 amide bonds. The molecule has 0 radical (unpaired) electrons. The van der Waals surface area contributed by atoms with Crippen molar-refractivity contribution in [3.05, 3.63) is 35.9 Å². The Morgan fingerprint density at radius 1 is 1.17 bits per heavy atom. The molecule has 2 saturated carbocycles. The third-order valence-corrected chi connectivity index (χ3v) is 6.33. The first-order valence-electron chi connectivity index (χ1n) is 8.33. The summed E-state index contributed by atoms with van der Waals surface area (Å²) in [5.41, 5.74) is 0.577. The molecule has 1 aromatic carbocycles. The van der Waals surface area contributed by atoms with E-state index < -0.39 is 15.4 Å². The van der Waals surface area contributed by atoms with Crippen molar-refractivity contribution >= 4 is 15.9 Å². The molecule has 2 aliphatic rings. The van der Waals surface area contributed by atoms with Gasteiger partial charge in [-0.2, -0.15) is 0 Å². The van der Waals surface area contributed by atoms with Crippen molar-refractivity contribution in [1.82, 2.24) is 10.0 Å². The fraction of sp³-hybridized carbons (Fsp3) is 0.588. The maximum atomic E-state index is 12.4. The van der Waals surface area contributed by atoms with Crippen LogP contribution in [0.15, 0.2) is 30.3 Å². The van der Waals surface area contributed by atoms with E-state index in [1.807, 2.05) is 30.3 Å². The van der Waals surface area contributed by atoms with E-state index in [1.165, 1.54) is 6.42 Å². The molecule has 0 aliphatic heterocycles. The minimum absolute atomic E-state index is 0.0575. The molecular formula is C17H24N2O3S. The number of hydrogen-bond donors (Lipinski definition) is 2. The van der Waals surface area contributed by atoms with E-state index in [9.17, 15) is 13.2 Å². The van der Waals surface area contributed by atoms with Crippen molar-refractivity contribution in [2.45, 2.75) is 37.5 Å². The molecule has 126 valence electrons. The number of amides is 1. The first-order chi connectivity index (χ1) is 11.0. The van der Waals surface area contributed by atoms with E-state index in [1.54, 1.807) is 0 Å². The van der Waals surface area contributed by atoms with Crippen molar-refractivity contribution in [3.63, 3.8) is 0 Å². The second kappa shape index (κ2) is 6.61. The number of rotatable bonds is 8. The van der Waals surface area contributed by atoms with E-state index in [-0.39, 0.29) is 18.2 Å². The number of carbonyl (C=O) groups is 1. The highest BCUT2D eigenvalue weighted by molar-refractivity contribution is 7.89. The Bertz CT molecular complexity index is 650. The van der Waals surface area contributed by atoms with E-state index in [0.717, 1.165) is 31.2 Å². The molecule has 0 aromatic heterocycles. The van der Waals surface area contributed by atoms with E-state index in [0.29, 0.717) is 12.5 Å². The molecule has 0 spiro atoms. The number of sulfonamides is 1. The summed E-state index contributed by atoms with van der Waals surface area (Å²) in [5.74, 6) is 0.376. The molecule has 0 atom stereocenters. The van der Waals surface area contributed by atoms with Crippen LogP contribution in [0.3, 0.4) is 0 Å². The third-order valence-electron chi connectivity index (χ3n) is 4.98. The van der Waals surface area contributed by atoms with Crippen molar-refractivity contribution in [2.75, 3.05) is 18.8 Å². The van der Waals surface area contributed by atoms with Crippen LogP contribution in [0.5, 0.6) is 0 Å². The van der Waals surface area contributed by atoms with Gasteiger partial charge in [0.05, 0.1) is 11.2 Å². The lowest BCUT2D eigenvalue weighted by molar-refractivity contribution is -0.123. The lowest BCUT2D eigenvalue weighted by Gasteiger charge is -2.25. The summed E-state index contributed by atoms with van der Waals surface area (Å²) in [6.45, 7) is 0.692. The van der Waals surface area contributed by atoms with Crippen LogP contribution in [0.1, 0.15) is 37.7 Å². The maximum Gasteiger partial charge on any atom is 0.230 e. The first-order valence-corrected chi connectivity index (χ1v) is 9.98. The Kier molecular flexibility index (Phi) is 4.73. The number of nitrogens with one attached hydrogen (secondary N) is 2. The van der Waals surface area contributed by atoms with Gasteiger partial charge in [-0.15, -0.1) is 0 Å². The van der Waals surface area contributed by atoms with Crippen molar-refractivity contribution in [3.8, 4) is 0 Å². The smallest absolute Gasteiger partial charge is 0.230 e. The molecule has 0 saturated heterocycles. The highest BCUT2D eigenvalue weighted by Gasteiger charge is 2.50. The summed E-state index contributed by atoms with van der Waals surface area (Å²) in [6, 6.07) is 9.71. The van der Waals surface area contributed by atoms with Gasteiger partial charge in [-0.25, -0.2) is 13.1 Å². The molecule has 2 N–H and O–H groups in total. The SMILES string of the molecule is O=C(NCCS(=O)(=O)NCC1CCC1)C1(c2ccccc2)CC1. The number of carbonyl (C=O) groups excluding carboxylic acids is 1. The van der Waals surface area contributed by atoms with Gasteiger partial charge in [0.2, 0.25) is 15.9 Å². The van der Waals surface area contributed by atoms with E-state index in [2.05, 4.69) is 10.0 Å². The third kappa shape index (κ3) is 3.93. The lowest BCUT2D eigenvalue weighted by Crippen LogP contribution is -2.40. The minimum atomic E-state index is -3.30. The second-order valence-corrected chi connectivity index (χ2v) is 8.59. The van der Waals surface area contributed by atoms with Crippen LogP contribution in [0.2, 0.25) is 0 Å². The summed E-state index contributed by atoms with van der Waals surface area (Å²) < 4.78 is 26.5. The molecule has 5 nitrogen and oxygen atoms in total. The molecule has 2 fully saturated rings. The number of benzene rings is 1. The maximum absolute atomic E-state index is 12.4. The van der Waals surface area contributed by atoms with Crippen LogP contribution in [-0.4, -0.2) is 33.2 Å². The zero-order valence-electron chi connectivity index (χ0n) is 13.3. The summed E-state index contributed by atoms with van der Waals surface area (Å²) >= 11 is 0. The Hall–Kier alpha value is -1.40. The van der Waals surface area contributed by atoms with Gasteiger partial charge in [0.15, 0.2) is 0 Å². The van der Waals surface area contributed by atoms with Gasteiger partial charge in [-0.05, 0) is 37.2 Å². The van der Waals surface area contributed by atoms with Crippen molar-refractivity contribution in [2.24, 2.45) is 5.92 Å². The predicted molar refractivity (Wildman–Crippen MR) is 89.5 cm³/mol. The Balaban J connectivity index is 1.46. The zero-order valence-corrected chi connectivity index (χ0v) is 14.1. The average molecular weight is 336 g/mol. The van der Waals surface area contributed by atoms with Gasteiger partial charge in [-0.3, -0.25) is 4.79 Å². The Labute approximate surface area is 137 Å². The predicted octanol–water partition coefficient (Wildman–Crippen LogP) is 1.55.